The van der Waals surface area contributed by atoms with Crippen molar-refractivity contribution >= 4 is 22.8 Å². The summed E-state index contributed by atoms with van der Waals surface area (Å²) < 4.78 is 35.6. The zero-order valence-electron chi connectivity index (χ0n) is 16.0. The first-order valence-electron chi connectivity index (χ1n) is 9.25. The van der Waals surface area contributed by atoms with E-state index in [9.17, 15) is 13.6 Å². The molecule has 0 saturated carbocycles. The molecule has 1 atom stereocenters. The first kappa shape index (κ1) is 19.7. The molecular formula is C19H21F2N5O2S. The Bertz CT molecular complexity index is 1050. The zero-order valence-corrected chi connectivity index (χ0v) is 16.9. The number of thiazole rings is 1. The number of aromatic nitrogens is 3. The average molecular weight is 421 g/mol. The van der Waals surface area contributed by atoms with Crippen LogP contribution in [-0.2, 0) is 6.61 Å². The van der Waals surface area contributed by atoms with Crippen molar-refractivity contribution in [3.63, 3.8) is 0 Å². The number of amides is 1. The number of alkyl halides is 2. The molecule has 2 N–H and O–H groups in total. The second-order valence-electron chi connectivity index (χ2n) is 7.04. The Labute approximate surface area is 170 Å². The van der Waals surface area contributed by atoms with Gasteiger partial charge >= 0.3 is 0 Å². The molecule has 7 nitrogen and oxygen atoms in total. The third kappa shape index (κ3) is 3.95. The zero-order chi connectivity index (χ0) is 20.6. The Kier molecular flexibility index (Phi) is 5.22. The van der Waals surface area contributed by atoms with E-state index in [0.29, 0.717) is 23.6 Å². The summed E-state index contributed by atoms with van der Waals surface area (Å²) in [6.45, 7) is 4.22. The molecule has 3 aromatic rings. The standard InChI is InChI=1S/C19H21F2N5O2S/c1-11-15(29-10-23-11)9-28-13-3-6-26-14(7-13)17(12(2)25-26)18(27)24-16-8-22-5-4-19(16,20)21/h3,6-7,10,16,22H,4-5,8-9H2,1-2H3,(H,24,27). The molecule has 29 heavy (non-hydrogen) atoms. The number of carbonyl (C=O) groups excluding carboxylic acids is 1. The highest BCUT2D eigenvalue weighted by Gasteiger charge is 2.42. The van der Waals surface area contributed by atoms with E-state index in [1.165, 1.54) is 11.3 Å². The summed E-state index contributed by atoms with van der Waals surface area (Å²) in [5.41, 5.74) is 3.91. The Morgan fingerprint density at radius 3 is 3.00 bits per heavy atom. The predicted octanol–water partition coefficient (Wildman–Crippen LogP) is 2.71. The van der Waals surface area contributed by atoms with Crippen LogP contribution in [0.5, 0.6) is 5.75 Å². The van der Waals surface area contributed by atoms with E-state index in [0.717, 1.165) is 10.6 Å². The quantitative estimate of drug-likeness (QED) is 0.662. The van der Waals surface area contributed by atoms with Crippen molar-refractivity contribution in [1.29, 1.82) is 0 Å². The first-order valence-corrected chi connectivity index (χ1v) is 10.1. The van der Waals surface area contributed by atoms with E-state index in [1.54, 1.807) is 35.3 Å². The van der Waals surface area contributed by atoms with Crippen LogP contribution >= 0.6 is 11.3 Å². The summed E-state index contributed by atoms with van der Waals surface area (Å²) in [5, 5.41) is 9.69. The smallest absolute Gasteiger partial charge is 0.270 e. The van der Waals surface area contributed by atoms with Gasteiger partial charge in [-0.05, 0) is 19.9 Å². The molecule has 1 amide bonds. The molecule has 0 radical (unpaired) electrons. The van der Waals surface area contributed by atoms with Gasteiger partial charge in [-0.15, -0.1) is 11.3 Å². The molecule has 1 saturated heterocycles. The fourth-order valence-electron chi connectivity index (χ4n) is 3.34. The highest BCUT2D eigenvalue weighted by atomic mass is 32.1. The van der Waals surface area contributed by atoms with E-state index in [2.05, 4.69) is 20.7 Å². The van der Waals surface area contributed by atoms with Crippen LogP contribution in [0.15, 0.2) is 23.8 Å². The topological polar surface area (TPSA) is 80.5 Å². The van der Waals surface area contributed by atoms with Gasteiger partial charge in [0.05, 0.1) is 32.9 Å². The van der Waals surface area contributed by atoms with Crippen molar-refractivity contribution in [2.75, 3.05) is 13.1 Å². The minimum atomic E-state index is -2.95. The van der Waals surface area contributed by atoms with Gasteiger partial charge in [-0.25, -0.2) is 18.3 Å². The number of nitrogens with zero attached hydrogens (tertiary/aromatic N) is 3. The number of carbonyl (C=O) groups is 1. The normalized spacial score (nSPS) is 18.7. The maximum atomic E-state index is 14.1. The van der Waals surface area contributed by atoms with Crippen molar-refractivity contribution in [2.24, 2.45) is 0 Å². The molecule has 0 bridgehead atoms. The number of halogens is 2. The van der Waals surface area contributed by atoms with Crippen molar-refractivity contribution in [2.45, 2.75) is 38.8 Å². The summed E-state index contributed by atoms with van der Waals surface area (Å²) in [6.07, 6.45) is 1.38. The number of nitrogens with one attached hydrogen (secondary N) is 2. The van der Waals surface area contributed by atoms with Crippen LogP contribution in [-0.4, -0.2) is 45.6 Å². The second-order valence-corrected chi connectivity index (χ2v) is 7.98. The van der Waals surface area contributed by atoms with Gasteiger partial charge in [0.25, 0.3) is 11.8 Å². The van der Waals surface area contributed by atoms with Gasteiger partial charge in [-0.2, -0.15) is 5.10 Å². The molecule has 10 heteroatoms. The number of pyridine rings is 1. The lowest BCUT2D eigenvalue weighted by Crippen LogP contribution is -2.57. The maximum absolute atomic E-state index is 14.1. The monoisotopic (exact) mass is 421 g/mol. The minimum absolute atomic E-state index is 0.0273. The Morgan fingerprint density at radius 1 is 1.45 bits per heavy atom. The summed E-state index contributed by atoms with van der Waals surface area (Å²) >= 11 is 1.51. The van der Waals surface area contributed by atoms with Gasteiger partial charge < -0.3 is 15.4 Å². The van der Waals surface area contributed by atoms with Crippen molar-refractivity contribution < 1.29 is 18.3 Å². The molecule has 4 heterocycles. The van der Waals surface area contributed by atoms with Crippen LogP contribution in [0.1, 0.15) is 33.0 Å². The van der Waals surface area contributed by atoms with Gasteiger partial charge in [0, 0.05) is 31.8 Å². The number of piperidine rings is 1. The van der Waals surface area contributed by atoms with E-state index in [-0.39, 0.29) is 25.1 Å². The molecule has 1 fully saturated rings. The molecule has 0 aromatic carbocycles. The molecule has 1 aliphatic heterocycles. The molecule has 3 aromatic heterocycles. The summed E-state index contributed by atoms with van der Waals surface area (Å²) in [5.74, 6) is -2.95. The van der Waals surface area contributed by atoms with Gasteiger partial charge in [-0.1, -0.05) is 0 Å². The van der Waals surface area contributed by atoms with Gasteiger partial charge in [-0.3, -0.25) is 4.79 Å². The first-order chi connectivity index (χ1) is 13.8. The highest BCUT2D eigenvalue weighted by molar-refractivity contribution is 7.09. The van der Waals surface area contributed by atoms with E-state index in [1.807, 2.05) is 6.92 Å². The summed E-state index contributed by atoms with van der Waals surface area (Å²) in [4.78, 5) is 18.0. The number of fused-ring (bicyclic) bond motifs is 1. The summed E-state index contributed by atoms with van der Waals surface area (Å²) in [7, 11) is 0. The van der Waals surface area contributed by atoms with Crippen molar-refractivity contribution in [1.82, 2.24) is 25.2 Å². The summed E-state index contributed by atoms with van der Waals surface area (Å²) in [6, 6.07) is 2.19. The Hall–Kier alpha value is -2.59. The maximum Gasteiger partial charge on any atom is 0.270 e. The molecule has 0 spiro atoms. The Balaban J connectivity index is 1.57. The number of rotatable bonds is 5. The molecule has 1 unspecified atom stereocenters. The molecule has 1 aliphatic rings. The Morgan fingerprint density at radius 2 is 2.28 bits per heavy atom. The van der Waals surface area contributed by atoms with Crippen LogP contribution in [0.4, 0.5) is 8.78 Å². The molecular weight excluding hydrogens is 400 g/mol. The van der Waals surface area contributed by atoms with Crippen LogP contribution in [0.3, 0.4) is 0 Å². The third-order valence-corrected chi connectivity index (χ3v) is 5.93. The fourth-order valence-corrected chi connectivity index (χ4v) is 4.03. The van der Waals surface area contributed by atoms with Crippen molar-refractivity contribution in [3.05, 3.63) is 45.7 Å². The lowest BCUT2D eigenvalue weighted by molar-refractivity contribution is -0.0542. The van der Waals surface area contributed by atoms with E-state index < -0.39 is 17.9 Å². The number of aryl methyl sites for hydroxylation is 2. The minimum Gasteiger partial charge on any atom is -0.488 e. The number of hydrogen-bond donors (Lipinski definition) is 2. The van der Waals surface area contributed by atoms with Crippen LogP contribution < -0.4 is 15.4 Å². The average Bonchev–Trinajstić information content (AvgIpc) is 3.23. The second kappa shape index (κ2) is 7.68. The van der Waals surface area contributed by atoms with Gasteiger partial charge in [0.1, 0.15) is 18.4 Å². The molecule has 4 rings (SSSR count). The number of hydrogen-bond acceptors (Lipinski definition) is 6. The lowest BCUT2D eigenvalue weighted by atomic mass is 10.0. The third-order valence-electron chi connectivity index (χ3n) is 5.02. The van der Waals surface area contributed by atoms with Crippen LogP contribution in [0.2, 0.25) is 0 Å². The molecule has 0 aliphatic carbocycles. The largest absolute Gasteiger partial charge is 0.488 e. The van der Waals surface area contributed by atoms with Crippen molar-refractivity contribution in [3.8, 4) is 5.75 Å². The molecule has 154 valence electrons. The predicted molar refractivity (Wildman–Crippen MR) is 105 cm³/mol. The van der Waals surface area contributed by atoms with E-state index >= 15 is 0 Å². The number of ether oxygens (including phenoxy) is 1. The fraction of sp³-hybridized carbons (Fsp3) is 0.421. The van der Waals surface area contributed by atoms with Crippen LogP contribution in [0.25, 0.3) is 5.52 Å². The van der Waals surface area contributed by atoms with Gasteiger partial charge in [0.15, 0.2) is 0 Å². The lowest BCUT2D eigenvalue weighted by Gasteiger charge is -2.32. The van der Waals surface area contributed by atoms with Crippen LogP contribution in [0, 0.1) is 13.8 Å². The SMILES string of the molecule is Cc1ncsc1COc1ccn2nc(C)c(C(=O)NC3CNCCC3(F)F)c2c1. The van der Waals surface area contributed by atoms with Gasteiger partial charge in [0.2, 0.25) is 0 Å². The van der Waals surface area contributed by atoms with E-state index in [4.69, 9.17) is 4.74 Å². The highest BCUT2D eigenvalue weighted by Crippen LogP contribution is 2.27.